The van der Waals surface area contributed by atoms with Crippen molar-refractivity contribution in [1.82, 2.24) is 9.88 Å². The minimum Gasteiger partial charge on any atom is -0.497 e. The number of piperazine rings is 1. The lowest BCUT2D eigenvalue weighted by molar-refractivity contribution is 0.0741. The molecule has 144 valence electrons. The Labute approximate surface area is 161 Å². The first-order chi connectivity index (χ1) is 13.2. The monoisotopic (exact) mass is 368 g/mol. The standard InChI is InChI=1S/C21H28N4O2/c1-3-4-11-22-17-5-10-20(23-16-17)21(26)25-14-12-24(13-15-25)18-6-8-19(27-2)9-7-18/h5-10,16,22H,3-4,11-15H2,1-2H3. The zero-order chi connectivity index (χ0) is 19.1. The molecule has 0 atom stereocenters. The largest absolute Gasteiger partial charge is 0.497 e. The highest BCUT2D eigenvalue weighted by Crippen LogP contribution is 2.21. The van der Waals surface area contributed by atoms with Crippen molar-refractivity contribution in [3.05, 3.63) is 48.3 Å². The molecule has 1 N–H and O–H groups in total. The van der Waals surface area contributed by atoms with E-state index in [0.29, 0.717) is 18.8 Å². The van der Waals surface area contributed by atoms with E-state index < -0.39 is 0 Å². The van der Waals surface area contributed by atoms with Crippen LogP contribution in [0.15, 0.2) is 42.6 Å². The van der Waals surface area contributed by atoms with Gasteiger partial charge in [0.25, 0.3) is 5.91 Å². The number of hydrogen-bond acceptors (Lipinski definition) is 5. The fourth-order valence-electron chi connectivity index (χ4n) is 3.16. The Kier molecular flexibility index (Phi) is 6.52. The lowest BCUT2D eigenvalue weighted by Gasteiger charge is -2.36. The third-order valence-electron chi connectivity index (χ3n) is 4.85. The Balaban J connectivity index is 1.53. The van der Waals surface area contributed by atoms with Crippen LogP contribution < -0.4 is 15.0 Å². The van der Waals surface area contributed by atoms with Gasteiger partial charge < -0.3 is 19.9 Å². The van der Waals surface area contributed by atoms with Crippen molar-refractivity contribution in [2.45, 2.75) is 19.8 Å². The van der Waals surface area contributed by atoms with Crippen LogP contribution in [-0.2, 0) is 0 Å². The van der Waals surface area contributed by atoms with Crippen molar-refractivity contribution in [1.29, 1.82) is 0 Å². The Morgan fingerprint density at radius 1 is 1.11 bits per heavy atom. The predicted octanol–water partition coefficient (Wildman–Crippen LogP) is 3.26. The van der Waals surface area contributed by atoms with E-state index in [4.69, 9.17) is 4.74 Å². The molecule has 3 rings (SSSR count). The van der Waals surface area contributed by atoms with E-state index >= 15 is 0 Å². The Morgan fingerprint density at radius 2 is 1.85 bits per heavy atom. The zero-order valence-electron chi connectivity index (χ0n) is 16.1. The number of carbonyl (C=O) groups excluding carboxylic acids is 1. The average molecular weight is 368 g/mol. The highest BCUT2D eigenvalue weighted by Gasteiger charge is 2.23. The summed E-state index contributed by atoms with van der Waals surface area (Å²) in [5.41, 5.74) is 2.63. The van der Waals surface area contributed by atoms with Gasteiger partial charge >= 0.3 is 0 Å². The van der Waals surface area contributed by atoms with Gasteiger partial charge in [0.05, 0.1) is 19.0 Å². The number of ether oxygens (including phenoxy) is 1. The van der Waals surface area contributed by atoms with Crippen LogP contribution in [0.1, 0.15) is 30.3 Å². The maximum atomic E-state index is 12.7. The number of nitrogens with one attached hydrogen (secondary N) is 1. The molecule has 1 fully saturated rings. The first-order valence-electron chi connectivity index (χ1n) is 9.59. The molecule has 0 radical (unpaired) electrons. The minimum atomic E-state index is 0.00416. The molecule has 0 unspecified atom stereocenters. The number of amides is 1. The number of methoxy groups -OCH3 is 1. The summed E-state index contributed by atoms with van der Waals surface area (Å²) in [6, 6.07) is 11.8. The van der Waals surface area contributed by atoms with Gasteiger partial charge in [0.2, 0.25) is 0 Å². The van der Waals surface area contributed by atoms with E-state index in [2.05, 4.69) is 34.3 Å². The van der Waals surface area contributed by atoms with Crippen LogP contribution in [0.3, 0.4) is 0 Å². The number of nitrogens with zero attached hydrogens (tertiary/aromatic N) is 3. The molecule has 27 heavy (non-hydrogen) atoms. The van der Waals surface area contributed by atoms with Crippen LogP contribution in [0.25, 0.3) is 0 Å². The van der Waals surface area contributed by atoms with Gasteiger partial charge in [0, 0.05) is 38.4 Å². The van der Waals surface area contributed by atoms with E-state index in [1.54, 1.807) is 13.3 Å². The fraction of sp³-hybridized carbons (Fsp3) is 0.429. The Morgan fingerprint density at radius 3 is 2.44 bits per heavy atom. The van der Waals surface area contributed by atoms with E-state index in [1.807, 2.05) is 29.2 Å². The number of anilines is 2. The Hall–Kier alpha value is -2.76. The van der Waals surface area contributed by atoms with Crippen LogP contribution >= 0.6 is 0 Å². The minimum absolute atomic E-state index is 0.00416. The normalized spacial score (nSPS) is 14.1. The molecule has 6 heteroatoms. The summed E-state index contributed by atoms with van der Waals surface area (Å²) in [5.74, 6) is 0.857. The van der Waals surface area contributed by atoms with Crippen molar-refractivity contribution in [2.24, 2.45) is 0 Å². The van der Waals surface area contributed by atoms with Gasteiger partial charge in [-0.2, -0.15) is 0 Å². The molecular weight excluding hydrogens is 340 g/mol. The molecule has 0 spiro atoms. The third kappa shape index (κ3) is 4.90. The number of unbranched alkanes of at least 4 members (excludes halogenated alkanes) is 1. The number of benzene rings is 1. The van der Waals surface area contributed by atoms with Gasteiger partial charge in [-0.25, -0.2) is 4.98 Å². The molecule has 2 heterocycles. The SMILES string of the molecule is CCCCNc1ccc(C(=O)N2CCN(c3ccc(OC)cc3)CC2)nc1. The quantitative estimate of drug-likeness (QED) is 0.760. The summed E-state index contributed by atoms with van der Waals surface area (Å²) in [4.78, 5) is 21.2. The van der Waals surface area contributed by atoms with Crippen molar-refractivity contribution >= 4 is 17.3 Å². The molecule has 1 aromatic heterocycles. The number of rotatable bonds is 7. The van der Waals surface area contributed by atoms with Crippen molar-refractivity contribution in [3.8, 4) is 5.75 Å². The summed E-state index contributed by atoms with van der Waals surface area (Å²) >= 11 is 0. The number of carbonyl (C=O) groups is 1. The summed E-state index contributed by atoms with van der Waals surface area (Å²) in [6.07, 6.45) is 4.02. The lowest BCUT2D eigenvalue weighted by Crippen LogP contribution is -2.49. The van der Waals surface area contributed by atoms with Gasteiger partial charge in [0.1, 0.15) is 11.4 Å². The highest BCUT2D eigenvalue weighted by atomic mass is 16.5. The highest BCUT2D eigenvalue weighted by molar-refractivity contribution is 5.92. The number of hydrogen-bond donors (Lipinski definition) is 1. The second-order valence-electron chi connectivity index (χ2n) is 6.69. The molecule has 2 aromatic rings. The molecule has 1 amide bonds. The second-order valence-corrected chi connectivity index (χ2v) is 6.69. The van der Waals surface area contributed by atoms with Gasteiger partial charge in [-0.15, -0.1) is 0 Å². The molecule has 0 aliphatic carbocycles. The van der Waals surface area contributed by atoms with Gasteiger partial charge in [-0.1, -0.05) is 13.3 Å². The lowest BCUT2D eigenvalue weighted by atomic mass is 10.2. The van der Waals surface area contributed by atoms with Gasteiger partial charge in [-0.3, -0.25) is 4.79 Å². The van der Waals surface area contributed by atoms with Crippen LogP contribution in [-0.4, -0.2) is 55.6 Å². The molecule has 1 aromatic carbocycles. The van der Waals surface area contributed by atoms with Gasteiger partial charge in [0.15, 0.2) is 0 Å². The first kappa shape index (κ1) is 19.0. The first-order valence-corrected chi connectivity index (χ1v) is 9.59. The summed E-state index contributed by atoms with van der Waals surface area (Å²) in [5, 5.41) is 3.32. The summed E-state index contributed by atoms with van der Waals surface area (Å²) in [6.45, 7) is 6.12. The topological polar surface area (TPSA) is 57.7 Å². The maximum Gasteiger partial charge on any atom is 0.272 e. The molecule has 0 bridgehead atoms. The molecule has 1 saturated heterocycles. The summed E-state index contributed by atoms with van der Waals surface area (Å²) < 4.78 is 5.21. The summed E-state index contributed by atoms with van der Waals surface area (Å²) in [7, 11) is 1.67. The van der Waals surface area contributed by atoms with Crippen LogP contribution in [0.4, 0.5) is 11.4 Å². The zero-order valence-corrected chi connectivity index (χ0v) is 16.1. The van der Waals surface area contributed by atoms with E-state index in [1.165, 1.54) is 0 Å². The average Bonchev–Trinajstić information content (AvgIpc) is 2.74. The Bertz CT molecular complexity index is 723. The number of pyridine rings is 1. The number of aromatic nitrogens is 1. The maximum absolute atomic E-state index is 12.7. The van der Waals surface area contributed by atoms with Crippen LogP contribution in [0.2, 0.25) is 0 Å². The van der Waals surface area contributed by atoms with Crippen molar-refractivity contribution in [3.63, 3.8) is 0 Å². The smallest absolute Gasteiger partial charge is 0.272 e. The van der Waals surface area contributed by atoms with Crippen LogP contribution in [0, 0.1) is 0 Å². The molecule has 0 saturated carbocycles. The molecule has 1 aliphatic heterocycles. The van der Waals surface area contributed by atoms with E-state index in [9.17, 15) is 4.79 Å². The van der Waals surface area contributed by atoms with Crippen molar-refractivity contribution < 1.29 is 9.53 Å². The molecule has 6 nitrogen and oxygen atoms in total. The fourth-order valence-corrected chi connectivity index (χ4v) is 3.16. The predicted molar refractivity (Wildman–Crippen MR) is 109 cm³/mol. The van der Waals surface area contributed by atoms with Crippen molar-refractivity contribution in [2.75, 3.05) is 50.1 Å². The van der Waals surface area contributed by atoms with E-state index in [-0.39, 0.29) is 5.91 Å². The van der Waals surface area contributed by atoms with Crippen LogP contribution in [0.5, 0.6) is 5.75 Å². The van der Waals surface area contributed by atoms with E-state index in [0.717, 1.165) is 49.6 Å². The molecular formula is C21H28N4O2. The third-order valence-corrected chi connectivity index (χ3v) is 4.85. The van der Waals surface area contributed by atoms with Gasteiger partial charge in [-0.05, 0) is 42.8 Å². The second kappa shape index (κ2) is 9.26. The molecule has 1 aliphatic rings.